The monoisotopic (exact) mass is 342 g/mol. The maximum absolute atomic E-state index is 14.6. The van der Waals surface area contributed by atoms with E-state index in [9.17, 15) is 19.4 Å². The Kier molecular flexibility index (Phi) is 6.14. The molecule has 0 aromatic rings. The van der Waals surface area contributed by atoms with Crippen molar-refractivity contribution in [2.24, 2.45) is 17.8 Å². The molecule has 3 unspecified atom stereocenters. The standard InChI is InChI=1S/C19H31FO4/c20-17-11-14(12-1-6-15(21)7-2-12)5-10-18(17)24-19(23)13-3-8-16(22)9-4-13/h12-18,21-22H,1-11H2. The fourth-order valence-electron chi connectivity index (χ4n) is 4.81. The largest absolute Gasteiger partial charge is 0.459 e. The van der Waals surface area contributed by atoms with Gasteiger partial charge in [-0.05, 0) is 82.5 Å². The third-order valence-corrected chi connectivity index (χ3v) is 6.46. The summed E-state index contributed by atoms with van der Waals surface area (Å²) >= 11 is 0. The number of rotatable bonds is 3. The minimum atomic E-state index is -1.06. The highest BCUT2D eigenvalue weighted by Crippen LogP contribution is 2.40. The predicted molar refractivity (Wildman–Crippen MR) is 88.0 cm³/mol. The van der Waals surface area contributed by atoms with E-state index in [1.165, 1.54) is 0 Å². The minimum absolute atomic E-state index is 0.168. The average molecular weight is 342 g/mol. The minimum Gasteiger partial charge on any atom is -0.459 e. The van der Waals surface area contributed by atoms with Gasteiger partial charge < -0.3 is 14.9 Å². The SMILES string of the molecule is O=C(OC1CCC(C2CCC(O)CC2)CC1F)C1CCC(O)CC1. The van der Waals surface area contributed by atoms with Gasteiger partial charge in [-0.25, -0.2) is 4.39 Å². The third-order valence-electron chi connectivity index (χ3n) is 6.46. The van der Waals surface area contributed by atoms with Crippen LogP contribution in [0, 0.1) is 17.8 Å². The van der Waals surface area contributed by atoms with Gasteiger partial charge in [0.25, 0.3) is 0 Å². The number of halogens is 1. The highest BCUT2D eigenvalue weighted by molar-refractivity contribution is 5.72. The van der Waals surface area contributed by atoms with Crippen LogP contribution in [0.3, 0.4) is 0 Å². The van der Waals surface area contributed by atoms with Crippen LogP contribution in [0.15, 0.2) is 0 Å². The summed E-state index contributed by atoms with van der Waals surface area (Å²) in [6.07, 6.45) is 6.14. The van der Waals surface area contributed by atoms with E-state index in [2.05, 4.69) is 0 Å². The van der Waals surface area contributed by atoms with E-state index in [1.54, 1.807) is 0 Å². The first-order valence-electron chi connectivity index (χ1n) is 9.73. The molecule has 3 rings (SSSR count). The van der Waals surface area contributed by atoms with Crippen molar-refractivity contribution in [1.29, 1.82) is 0 Å². The van der Waals surface area contributed by atoms with Crippen LogP contribution in [-0.4, -0.2) is 40.7 Å². The van der Waals surface area contributed by atoms with E-state index >= 15 is 0 Å². The summed E-state index contributed by atoms with van der Waals surface area (Å²) in [4.78, 5) is 12.2. The van der Waals surface area contributed by atoms with Crippen molar-refractivity contribution in [2.45, 2.75) is 95.1 Å². The van der Waals surface area contributed by atoms with Crippen LogP contribution in [0.25, 0.3) is 0 Å². The average Bonchev–Trinajstić information content (AvgIpc) is 2.58. The summed E-state index contributed by atoms with van der Waals surface area (Å²) in [6, 6.07) is 0. The van der Waals surface area contributed by atoms with Crippen molar-refractivity contribution in [3.8, 4) is 0 Å². The second-order valence-electron chi connectivity index (χ2n) is 8.14. The molecule has 0 amide bonds. The van der Waals surface area contributed by atoms with E-state index in [4.69, 9.17) is 4.74 Å². The Morgan fingerprint density at radius 3 is 1.92 bits per heavy atom. The molecule has 3 aliphatic rings. The molecule has 3 atom stereocenters. The number of carbonyl (C=O) groups excluding carboxylic acids is 1. The van der Waals surface area contributed by atoms with Crippen LogP contribution in [0.1, 0.15) is 70.6 Å². The number of carbonyl (C=O) groups is 1. The van der Waals surface area contributed by atoms with Crippen LogP contribution in [0.2, 0.25) is 0 Å². The zero-order valence-corrected chi connectivity index (χ0v) is 14.4. The third kappa shape index (κ3) is 4.48. The molecule has 4 nitrogen and oxygen atoms in total. The highest BCUT2D eigenvalue weighted by atomic mass is 19.1. The van der Waals surface area contributed by atoms with E-state index < -0.39 is 12.3 Å². The van der Waals surface area contributed by atoms with Crippen molar-refractivity contribution < 1.29 is 24.1 Å². The number of aliphatic hydroxyl groups is 2. The zero-order chi connectivity index (χ0) is 17.1. The Morgan fingerprint density at radius 1 is 0.792 bits per heavy atom. The molecule has 0 heterocycles. The Hall–Kier alpha value is -0.680. The van der Waals surface area contributed by atoms with Gasteiger partial charge in [0, 0.05) is 0 Å². The van der Waals surface area contributed by atoms with Gasteiger partial charge in [0.15, 0.2) is 0 Å². The van der Waals surface area contributed by atoms with E-state index in [0.717, 1.165) is 32.1 Å². The van der Waals surface area contributed by atoms with E-state index in [-0.39, 0.29) is 24.1 Å². The first kappa shape index (κ1) is 18.1. The van der Waals surface area contributed by atoms with Crippen LogP contribution >= 0.6 is 0 Å². The first-order valence-corrected chi connectivity index (χ1v) is 9.73. The molecule has 24 heavy (non-hydrogen) atoms. The predicted octanol–water partition coefficient (Wildman–Crippen LogP) is 3.14. The lowest BCUT2D eigenvalue weighted by Gasteiger charge is -2.38. The second kappa shape index (κ2) is 8.13. The summed E-state index contributed by atoms with van der Waals surface area (Å²) < 4.78 is 20.0. The van der Waals surface area contributed by atoms with Gasteiger partial charge in [-0.3, -0.25) is 4.79 Å². The molecule has 138 valence electrons. The number of hydrogen-bond acceptors (Lipinski definition) is 4. The van der Waals surface area contributed by atoms with Crippen LogP contribution in [0.5, 0.6) is 0 Å². The molecule has 0 radical (unpaired) electrons. The molecule has 0 aliphatic heterocycles. The highest BCUT2D eigenvalue weighted by Gasteiger charge is 2.38. The molecule has 2 N–H and O–H groups in total. The normalized spacial score (nSPS) is 44.0. The maximum atomic E-state index is 14.6. The molecule has 0 aromatic heterocycles. The topological polar surface area (TPSA) is 66.8 Å². The number of alkyl halides is 1. The van der Waals surface area contributed by atoms with Gasteiger partial charge in [-0.1, -0.05) is 0 Å². The van der Waals surface area contributed by atoms with Crippen LogP contribution in [0.4, 0.5) is 4.39 Å². The fourth-order valence-corrected chi connectivity index (χ4v) is 4.81. The lowest BCUT2D eigenvalue weighted by molar-refractivity contribution is -0.162. The fraction of sp³-hybridized carbons (Fsp3) is 0.947. The van der Waals surface area contributed by atoms with E-state index in [0.29, 0.717) is 50.4 Å². The lowest BCUT2D eigenvalue weighted by Crippen LogP contribution is -2.39. The molecule has 3 saturated carbocycles. The summed E-state index contributed by atoms with van der Waals surface area (Å²) in [5, 5.41) is 19.1. The Bertz CT molecular complexity index is 414. The smallest absolute Gasteiger partial charge is 0.309 e. The molecule has 0 bridgehead atoms. The Morgan fingerprint density at radius 2 is 1.33 bits per heavy atom. The van der Waals surface area contributed by atoms with E-state index in [1.807, 2.05) is 0 Å². The summed E-state index contributed by atoms with van der Waals surface area (Å²) in [6.45, 7) is 0. The number of ether oxygens (including phenoxy) is 1. The van der Waals surface area contributed by atoms with Crippen molar-refractivity contribution in [2.75, 3.05) is 0 Å². The summed E-state index contributed by atoms with van der Waals surface area (Å²) in [7, 11) is 0. The molecule has 5 heteroatoms. The molecular weight excluding hydrogens is 311 g/mol. The first-order chi connectivity index (χ1) is 11.5. The van der Waals surface area contributed by atoms with Crippen LogP contribution in [-0.2, 0) is 9.53 Å². The Labute approximate surface area is 143 Å². The maximum Gasteiger partial charge on any atom is 0.309 e. The number of aliphatic hydroxyl groups excluding tert-OH is 2. The Balaban J connectivity index is 1.44. The van der Waals surface area contributed by atoms with Gasteiger partial charge in [-0.15, -0.1) is 0 Å². The van der Waals surface area contributed by atoms with Crippen molar-refractivity contribution in [3.63, 3.8) is 0 Å². The van der Waals surface area contributed by atoms with Crippen molar-refractivity contribution >= 4 is 5.97 Å². The van der Waals surface area contributed by atoms with Gasteiger partial charge >= 0.3 is 5.97 Å². The quantitative estimate of drug-likeness (QED) is 0.773. The zero-order valence-electron chi connectivity index (χ0n) is 14.4. The van der Waals surface area contributed by atoms with Gasteiger partial charge in [0.1, 0.15) is 12.3 Å². The van der Waals surface area contributed by atoms with Gasteiger partial charge in [-0.2, -0.15) is 0 Å². The lowest BCUT2D eigenvalue weighted by atomic mass is 9.72. The number of hydrogen-bond donors (Lipinski definition) is 2. The van der Waals surface area contributed by atoms with Gasteiger partial charge in [0.05, 0.1) is 18.1 Å². The molecular formula is C19H31FO4. The van der Waals surface area contributed by atoms with Crippen LogP contribution < -0.4 is 0 Å². The summed E-state index contributed by atoms with van der Waals surface area (Å²) in [5.74, 6) is 0.447. The molecule has 0 aromatic carbocycles. The summed E-state index contributed by atoms with van der Waals surface area (Å²) in [5.41, 5.74) is 0. The van der Waals surface area contributed by atoms with Gasteiger partial charge in [0.2, 0.25) is 0 Å². The molecule has 0 spiro atoms. The second-order valence-corrected chi connectivity index (χ2v) is 8.14. The van der Waals surface area contributed by atoms with Crippen molar-refractivity contribution in [3.05, 3.63) is 0 Å². The number of esters is 1. The molecule has 0 saturated heterocycles. The van der Waals surface area contributed by atoms with Crippen molar-refractivity contribution in [1.82, 2.24) is 0 Å². The molecule has 3 aliphatic carbocycles. The molecule has 3 fully saturated rings.